The zero-order chi connectivity index (χ0) is 15.0. The predicted molar refractivity (Wildman–Crippen MR) is 79.0 cm³/mol. The van der Waals surface area contributed by atoms with E-state index in [1.807, 2.05) is 4.68 Å². The van der Waals surface area contributed by atoms with Gasteiger partial charge in [0.15, 0.2) is 5.82 Å². The zero-order valence-corrected chi connectivity index (χ0v) is 12.4. The molecule has 21 heavy (non-hydrogen) atoms. The molecule has 1 aliphatic rings. The van der Waals surface area contributed by atoms with Crippen LogP contribution in [0.1, 0.15) is 44.2 Å². The first-order chi connectivity index (χ1) is 10.1. The van der Waals surface area contributed by atoms with Crippen LogP contribution in [-0.4, -0.2) is 20.2 Å². The molecule has 0 amide bonds. The van der Waals surface area contributed by atoms with E-state index in [9.17, 15) is 4.39 Å². The van der Waals surface area contributed by atoms with E-state index in [0.29, 0.717) is 22.6 Å². The van der Waals surface area contributed by atoms with Gasteiger partial charge in [-0.2, -0.15) is 0 Å². The molecule has 1 heterocycles. The van der Waals surface area contributed by atoms with Crippen LogP contribution in [0, 0.1) is 18.7 Å². The summed E-state index contributed by atoms with van der Waals surface area (Å²) in [6, 6.07) is 3.45. The molecule has 1 aliphatic carbocycles. The summed E-state index contributed by atoms with van der Waals surface area (Å²) in [5, 5.41) is 12.0. The number of nitrogens with two attached hydrogens (primary N) is 1. The topological polar surface area (TPSA) is 69.6 Å². The van der Waals surface area contributed by atoms with E-state index in [0.717, 1.165) is 18.8 Å². The summed E-state index contributed by atoms with van der Waals surface area (Å²) in [4.78, 5) is 0. The third kappa shape index (κ3) is 2.75. The first kappa shape index (κ1) is 14.0. The minimum absolute atomic E-state index is 0.257. The Balaban J connectivity index is 1.97. The van der Waals surface area contributed by atoms with E-state index in [1.165, 1.54) is 18.9 Å². The van der Waals surface area contributed by atoms with Gasteiger partial charge in [-0.05, 0) is 48.2 Å². The van der Waals surface area contributed by atoms with Crippen molar-refractivity contribution in [1.82, 2.24) is 20.2 Å². The van der Waals surface area contributed by atoms with Gasteiger partial charge in [-0.3, -0.25) is 0 Å². The van der Waals surface area contributed by atoms with E-state index < -0.39 is 0 Å². The summed E-state index contributed by atoms with van der Waals surface area (Å²) < 4.78 is 15.7. The smallest absolute Gasteiger partial charge is 0.182 e. The standard InChI is InChI=1S/C15H20FN5/c1-3-12(6-10-4-5-10)21-15(18-19-20-21)11-7-13(16)9(2)14(17)8-11/h7-8,10,12H,3-6,17H2,1-2H3. The van der Waals surface area contributed by atoms with Gasteiger partial charge in [-0.25, -0.2) is 9.07 Å². The number of hydrogen-bond donors (Lipinski definition) is 1. The van der Waals surface area contributed by atoms with E-state index in [1.54, 1.807) is 13.0 Å². The van der Waals surface area contributed by atoms with Crippen LogP contribution in [0.2, 0.25) is 0 Å². The maximum atomic E-state index is 13.9. The molecule has 1 fully saturated rings. The normalized spacial score (nSPS) is 16.1. The average molecular weight is 289 g/mol. The van der Waals surface area contributed by atoms with Gasteiger partial charge < -0.3 is 5.73 Å². The molecule has 3 rings (SSSR count). The quantitative estimate of drug-likeness (QED) is 0.859. The summed E-state index contributed by atoms with van der Waals surface area (Å²) in [7, 11) is 0. The summed E-state index contributed by atoms with van der Waals surface area (Å²) in [6.45, 7) is 3.79. The maximum absolute atomic E-state index is 13.9. The molecule has 1 atom stereocenters. The molecular weight excluding hydrogens is 269 g/mol. The fraction of sp³-hybridized carbons (Fsp3) is 0.533. The summed E-state index contributed by atoms with van der Waals surface area (Å²) in [5.74, 6) is 1.05. The van der Waals surface area contributed by atoms with Crippen molar-refractivity contribution in [1.29, 1.82) is 0 Å². The first-order valence-electron chi connectivity index (χ1n) is 7.44. The molecule has 1 aromatic carbocycles. The van der Waals surface area contributed by atoms with Gasteiger partial charge in [0.25, 0.3) is 0 Å². The highest BCUT2D eigenvalue weighted by Crippen LogP contribution is 2.38. The molecule has 2 N–H and O–H groups in total. The number of nitrogens with zero attached hydrogens (tertiary/aromatic N) is 4. The van der Waals surface area contributed by atoms with Crippen LogP contribution in [0.25, 0.3) is 11.4 Å². The van der Waals surface area contributed by atoms with Crippen molar-refractivity contribution in [3.05, 3.63) is 23.5 Å². The fourth-order valence-electron chi connectivity index (χ4n) is 2.64. The molecule has 112 valence electrons. The van der Waals surface area contributed by atoms with Crippen LogP contribution < -0.4 is 5.73 Å². The minimum atomic E-state index is -0.324. The lowest BCUT2D eigenvalue weighted by atomic mass is 10.1. The number of benzene rings is 1. The van der Waals surface area contributed by atoms with Gasteiger partial charge in [0, 0.05) is 16.8 Å². The van der Waals surface area contributed by atoms with Crippen LogP contribution in [0.4, 0.5) is 10.1 Å². The lowest BCUT2D eigenvalue weighted by molar-refractivity contribution is 0.388. The van der Waals surface area contributed by atoms with E-state index in [2.05, 4.69) is 22.4 Å². The van der Waals surface area contributed by atoms with Gasteiger partial charge in [0.2, 0.25) is 0 Å². The SMILES string of the molecule is CCC(CC1CC1)n1nnnc1-c1cc(N)c(C)c(F)c1. The largest absolute Gasteiger partial charge is 0.398 e. The molecule has 6 heteroatoms. The Morgan fingerprint density at radius 2 is 2.19 bits per heavy atom. The zero-order valence-electron chi connectivity index (χ0n) is 12.4. The van der Waals surface area contributed by atoms with Crippen LogP contribution >= 0.6 is 0 Å². The Morgan fingerprint density at radius 1 is 1.43 bits per heavy atom. The Labute approximate surface area is 123 Å². The van der Waals surface area contributed by atoms with Crippen molar-refractivity contribution in [3.8, 4) is 11.4 Å². The first-order valence-corrected chi connectivity index (χ1v) is 7.44. The molecule has 1 saturated carbocycles. The second kappa shape index (κ2) is 5.42. The van der Waals surface area contributed by atoms with Gasteiger partial charge in [0.05, 0.1) is 6.04 Å². The van der Waals surface area contributed by atoms with Gasteiger partial charge in [-0.15, -0.1) is 5.10 Å². The maximum Gasteiger partial charge on any atom is 0.182 e. The Kier molecular flexibility index (Phi) is 3.61. The summed E-state index contributed by atoms with van der Waals surface area (Å²) in [6.07, 6.45) is 4.62. The number of tetrazole rings is 1. The number of nitrogen functional groups attached to an aromatic ring is 1. The van der Waals surface area contributed by atoms with Crippen molar-refractivity contribution >= 4 is 5.69 Å². The highest BCUT2D eigenvalue weighted by atomic mass is 19.1. The predicted octanol–water partition coefficient (Wildman–Crippen LogP) is 3.12. The lowest BCUT2D eigenvalue weighted by Gasteiger charge is -2.16. The molecule has 0 aliphatic heterocycles. The van der Waals surface area contributed by atoms with Crippen LogP contribution in [-0.2, 0) is 0 Å². The summed E-state index contributed by atoms with van der Waals surface area (Å²) >= 11 is 0. The molecule has 0 bridgehead atoms. The molecule has 2 aromatic rings. The van der Waals surface area contributed by atoms with Crippen molar-refractivity contribution < 1.29 is 4.39 Å². The van der Waals surface area contributed by atoms with E-state index in [4.69, 9.17) is 5.73 Å². The van der Waals surface area contributed by atoms with Crippen molar-refractivity contribution in [2.45, 2.75) is 45.6 Å². The number of rotatable bonds is 5. The van der Waals surface area contributed by atoms with Crippen molar-refractivity contribution in [2.75, 3.05) is 5.73 Å². The fourth-order valence-corrected chi connectivity index (χ4v) is 2.64. The van der Waals surface area contributed by atoms with Gasteiger partial charge >= 0.3 is 0 Å². The van der Waals surface area contributed by atoms with Crippen LogP contribution in [0.5, 0.6) is 0 Å². The Morgan fingerprint density at radius 3 is 2.81 bits per heavy atom. The molecule has 1 unspecified atom stereocenters. The van der Waals surface area contributed by atoms with E-state index in [-0.39, 0.29) is 11.9 Å². The second-order valence-corrected chi connectivity index (χ2v) is 5.86. The third-order valence-electron chi connectivity index (χ3n) is 4.25. The minimum Gasteiger partial charge on any atom is -0.398 e. The molecule has 0 radical (unpaired) electrons. The Bertz CT molecular complexity index is 624. The monoisotopic (exact) mass is 289 g/mol. The second-order valence-electron chi connectivity index (χ2n) is 5.86. The molecule has 0 saturated heterocycles. The number of halogens is 1. The molecule has 5 nitrogen and oxygen atoms in total. The number of anilines is 1. The van der Waals surface area contributed by atoms with Crippen molar-refractivity contribution in [2.24, 2.45) is 5.92 Å². The highest BCUT2D eigenvalue weighted by Gasteiger charge is 2.27. The van der Waals surface area contributed by atoms with Gasteiger partial charge in [0.1, 0.15) is 5.82 Å². The average Bonchev–Trinajstić information content (AvgIpc) is 3.16. The van der Waals surface area contributed by atoms with Crippen LogP contribution in [0.3, 0.4) is 0 Å². The third-order valence-corrected chi connectivity index (χ3v) is 4.25. The lowest BCUT2D eigenvalue weighted by Crippen LogP contribution is -2.12. The number of aromatic nitrogens is 4. The number of hydrogen-bond acceptors (Lipinski definition) is 4. The molecular formula is C15H20FN5. The Hall–Kier alpha value is -1.98. The highest BCUT2D eigenvalue weighted by molar-refractivity contribution is 5.64. The molecule has 1 aromatic heterocycles. The molecule has 0 spiro atoms. The van der Waals surface area contributed by atoms with Gasteiger partial charge in [-0.1, -0.05) is 19.8 Å². The van der Waals surface area contributed by atoms with E-state index >= 15 is 0 Å². The summed E-state index contributed by atoms with van der Waals surface area (Å²) in [5.41, 5.74) is 7.38. The van der Waals surface area contributed by atoms with Crippen molar-refractivity contribution in [3.63, 3.8) is 0 Å². The van der Waals surface area contributed by atoms with Crippen LogP contribution in [0.15, 0.2) is 12.1 Å².